The number of hydrogen-bond donors (Lipinski definition) is 1. The zero-order chi connectivity index (χ0) is 17.8. The van der Waals surface area contributed by atoms with E-state index in [0.717, 1.165) is 36.2 Å². The number of aliphatic hydroxyl groups is 1. The molecule has 2 aromatic rings. The average Bonchev–Trinajstić information content (AvgIpc) is 2.60. The van der Waals surface area contributed by atoms with Crippen LogP contribution in [0.2, 0.25) is 0 Å². The summed E-state index contributed by atoms with van der Waals surface area (Å²) in [7, 11) is 0. The fourth-order valence-corrected chi connectivity index (χ4v) is 3.17. The van der Waals surface area contributed by atoms with Crippen LogP contribution in [-0.4, -0.2) is 52.5 Å². The van der Waals surface area contributed by atoms with E-state index >= 15 is 0 Å². The molecule has 0 spiro atoms. The van der Waals surface area contributed by atoms with Crippen LogP contribution >= 0.6 is 0 Å². The minimum absolute atomic E-state index is 0.0758. The van der Waals surface area contributed by atoms with Crippen LogP contribution in [0.1, 0.15) is 17.7 Å². The average molecular weight is 348 g/mol. The highest BCUT2D eigenvalue weighted by Crippen LogP contribution is 2.21. The van der Waals surface area contributed by atoms with E-state index in [9.17, 15) is 13.9 Å². The van der Waals surface area contributed by atoms with Crippen LogP contribution in [-0.2, 0) is 6.54 Å². The van der Waals surface area contributed by atoms with Crippen molar-refractivity contribution in [2.24, 2.45) is 0 Å². The van der Waals surface area contributed by atoms with E-state index in [2.05, 4.69) is 20.0 Å². The summed E-state index contributed by atoms with van der Waals surface area (Å²) in [6.45, 7) is 4.72. The molecule has 5 nitrogen and oxygen atoms in total. The number of rotatable bonds is 5. The summed E-state index contributed by atoms with van der Waals surface area (Å²) in [4.78, 5) is 4.34. The second-order valence-corrected chi connectivity index (χ2v) is 6.36. The summed E-state index contributed by atoms with van der Waals surface area (Å²) >= 11 is 0. The second kappa shape index (κ2) is 7.84. The minimum atomic E-state index is -0.835. The Morgan fingerprint density at radius 3 is 2.64 bits per heavy atom. The molecule has 0 radical (unpaired) electrons. The van der Waals surface area contributed by atoms with Crippen LogP contribution in [0.25, 0.3) is 0 Å². The van der Waals surface area contributed by atoms with Crippen LogP contribution in [0.5, 0.6) is 0 Å². The smallest absolute Gasteiger partial charge is 0.159 e. The fourth-order valence-electron chi connectivity index (χ4n) is 3.17. The van der Waals surface area contributed by atoms with Gasteiger partial charge in [-0.1, -0.05) is 6.07 Å². The number of piperazine rings is 1. The van der Waals surface area contributed by atoms with Gasteiger partial charge in [0.05, 0.1) is 5.69 Å². The number of benzene rings is 1. The zero-order valence-electron chi connectivity index (χ0n) is 14.2. The number of halogens is 2. The molecule has 1 N–H and O–H groups in total. The molecule has 0 amide bonds. The maximum Gasteiger partial charge on any atom is 0.159 e. The molecular formula is C18H22F2N4O. The highest BCUT2D eigenvalue weighted by atomic mass is 19.2. The summed E-state index contributed by atoms with van der Waals surface area (Å²) in [5, 5.41) is 17.7. The van der Waals surface area contributed by atoms with Gasteiger partial charge in [-0.05, 0) is 43.2 Å². The Morgan fingerprint density at radius 2 is 1.96 bits per heavy atom. The number of anilines is 1. The molecule has 134 valence electrons. The van der Waals surface area contributed by atoms with Gasteiger partial charge < -0.3 is 10.0 Å². The number of nitrogens with zero attached hydrogens (tertiary/aromatic N) is 4. The van der Waals surface area contributed by atoms with Crippen molar-refractivity contribution >= 4 is 5.82 Å². The van der Waals surface area contributed by atoms with Gasteiger partial charge in [0.1, 0.15) is 0 Å². The Labute approximate surface area is 145 Å². The first-order chi connectivity index (χ1) is 12.1. The van der Waals surface area contributed by atoms with Gasteiger partial charge in [0.25, 0.3) is 0 Å². The third-order valence-corrected chi connectivity index (χ3v) is 4.54. The lowest BCUT2D eigenvalue weighted by Gasteiger charge is -2.41. The molecule has 0 bridgehead atoms. The Balaban J connectivity index is 1.70. The molecule has 0 saturated carbocycles. The quantitative estimate of drug-likeness (QED) is 0.897. The molecule has 1 atom stereocenters. The van der Waals surface area contributed by atoms with E-state index in [1.807, 2.05) is 19.1 Å². The molecule has 3 rings (SSSR count). The molecule has 1 aliphatic heterocycles. The number of hydrogen-bond acceptors (Lipinski definition) is 5. The lowest BCUT2D eigenvalue weighted by atomic mass is 10.1. The summed E-state index contributed by atoms with van der Waals surface area (Å²) in [5.41, 5.74) is 1.60. The van der Waals surface area contributed by atoms with E-state index in [4.69, 9.17) is 0 Å². The van der Waals surface area contributed by atoms with Gasteiger partial charge in [-0.2, -0.15) is 5.10 Å². The Hall–Kier alpha value is -2.12. The highest BCUT2D eigenvalue weighted by molar-refractivity contribution is 5.38. The molecule has 0 aliphatic carbocycles. The number of aryl methyl sites for hydroxylation is 1. The maximum absolute atomic E-state index is 13.4. The Kier molecular flexibility index (Phi) is 5.55. The summed E-state index contributed by atoms with van der Waals surface area (Å²) < 4.78 is 26.5. The number of aliphatic hydroxyl groups excluding tert-OH is 1. The molecule has 7 heteroatoms. The van der Waals surface area contributed by atoms with Gasteiger partial charge in [-0.25, -0.2) is 8.78 Å². The first kappa shape index (κ1) is 17.7. The van der Waals surface area contributed by atoms with Crippen LogP contribution in [0, 0.1) is 18.6 Å². The molecule has 1 aromatic carbocycles. The van der Waals surface area contributed by atoms with E-state index < -0.39 is 11.6 Å². The molecular weight excluding hydrogens is 326 g/mol. The van der Waals surface area contributed by atoms with E-state index in [1.54, 1.807) is 6.07 Å². The SMILES string of the molecule is Cc1ccc(N2CCN(Cc3ccc(F)c(F)c3)[C@H](CCO)C2)nn1. The van der Waals surface area contributed by atoms with Crippen molar-refractivity contribution in [1.82, 2.24) is 15.1 Å². The van der Waals surface area contributed by atoms with Crippen LogP contribution < -0.4 is 4.90 Å². The Bertz CT molecular complexity index is 711. The third-order valence-electron chi connectivity index (χ3n) is 4.54. The van der Waals surface area contributed by atoms with Crippen LogP contribution in [0.3, 0.4) is 0 Å². The van der Waals surface area contributed by atoms with Gasteiger partial charge in [-0.3, -0.25) is 4.90 Å². The van der Waals surface area contributed by atoms with E-state index in [0.29, 0.717) is 19.5 Å². The van der Waals surface area contributed by atoms with E-state index in [-0.39, 0.29) is 12.6 Å². The third kappa shape index (κ3) is 4.29. The standard InChI is InChI=1S/C18H22F2N4O/c1-13-2-5-18(22-21-13)24-8-7-23(15(12-24)6-9-25)11-14-3-4-16(19)17(20)10-14/h2-5,10,15,25H,6-9,11-12H2,1H3/t15-/m1/s1. The maximum atomic E-state index is 13.4. The van der Waals surface area contributed by atoms with Gasteiger partial charge in [0.15, 0.2) is 17.5 Å². The van der Waals surface area contributed by atoms with Crippen molar-refractivity contribution in [2.45, 2.75) is 25.9 Å². The van der Waals surface area contributed by atoms with E-state index in [1.165, 1.54) is 6.07 Å². The second-order valence-electron chi connectivity index (χ2n) is 6.36. The molecule has 0 unspecified atom stereocenters. The molecule has 1 fully saturated rings. The van der Waals surface area contributed by atoms with Crippen LogP contribution in [0.4, 0.5) is 14.6 Å². The van der Waals surface area contributed by atoms with Gasteiger partial charge >= 0.3 is 0 Å². The van der Waals surface area contributed by atoms with Gasteiger partial charge in [0, 0.05) is 38.8 Å². The largest absolute Gasteiger partial charge is 0.396 e. The normalized spacial score (nSPS) is 18.6. The topological polar surface area (TPSA) is 52.5 Å². The first-order valence-corrected chi connectivity index (χ1v) is 8.41. The van der Waals surface area contributed by atoms with Crippen molar-refractivity contribution < 1.29 is 13.9 Å². The first-order valence-electron chi connectivity index (χ1n) is 8.41. The predicted molar refractivity (Wildman–Crippen MR) is 91.2 cm³/mol. The number of aromatic nitrogens is 2. The minimum Gasteiger partial charge on any atom is -0.396 e. The lowest BCUT2D eigenvalue weighted by molar-refractivity contribution is 0.135. The van der Waals surface area contributed by atoms with Crippen molar-refractivity contribution in [3.63, 3.8) is 0 Å². The summed E-state index contributed by atoms with van der Waals surface area (Å²) in [6.07, 6.45) is 0.611. The Morgan fingerprint density at radius 1 is 1.12 bits per heavy atom. The van der Waals surface area contributed by atoms with Crippen molar-refractivity contribution in [1.29, 1.82) is 0 Å². The summed E-state index contributed by atoms with van der Waals surface area (Å²) in [6, 6.07) is 7.98. The van der Waals surface area contributed by atoms with Crippen LogP contribution in [0.15, 0.2) is 30.3 Å². The predicted octanol–water partition coefficient (Wildman–Crippen LogP) is 2.14. The molecule has 25 heavy (non-hydrogen) atoms. The monoisotopic (exact) mass is 348 g/mol. The van der Waals surface area contributed by atoms with Crippen molar-refractivity contribution in [3.05, 3.63) is 53.2 Å². The highest BCUT2D eigenvalue weighted by Gasteiger charge is 2.27. The zero-order valence-corrected chi connectivity index (χ0v) is 14.2. The van der Waals surface area contributed by atoms with Crippen molar-refractivity contribution in [2.75, 3.05) is 31.1 Å². The van der Waals surface area contributed by atoms with Crippen molar-refractivity contribution in [3.8, 4) is 0 Å². The van der Waals surface area contributed by atoms with Gasteiger partial charge in [-0.15, -0.1) is 5.10 Å². The molecule has 1 aliphatic rings. The molecule has 1 saturated heterocycles. The molecule has 1 aromatic heterocycles. The molecule has 2 heterocycles. The fraction of sp³-hybridized carbons (Fsp3) is 0.444. The lowest BCUT2D eigenvalue weighted by Crippen LogP contribution is -2.53. The van der Waals surface area contributed by atoms with Gasteiger partial charge in [0.2, 0.25) is 0 Å². The summed E-state index contributed by atoms with van der Waals surface area (Å²) in [5.74, 6) is -0.843.